The van der Waals surface area contributed by atoms with Crippen molar-refractivity contribution in [2.45, 2.75) is 18.4 Å². The molecule has 0 aliphatic heterocycles. The number of guanidine groups is 1. The standard InChI is InChI=1S/C17H22N8O2S.HI/c1-2-19-17(21-13-16-24-23-15-7-3-4-11-25(15)16)20-9-10-22-28(26,27)14-6-5-8-18-12-14;/h3-8,11-12,22H,2,9-10,13H2,1H3,(H2,19,20,21);1H. The Bertz CT molecular complexity index is 1040. The highest BCUT2D eigenvalue weighted by atomic mass is 127. The molecule has 3 heterocycles. The van der Waals surface area contributed by atoms with Gasteiger partial charge in [0.15, 0.2) is 17.4 Å². The monoisotopic (exact) mass is 530 g/mol. The van der Waals surface area contributed by atoms with Crippen LogP contribution in [0.4, 0.5) is 0 Å². The Balaban J connectivity index is 0.00000300. The van der Waals surface area contributed by atoms with Gasteiger partial charge in [0.2, 0.25) is 10.0 Å². The van der Waals surface area contributed by atoms with Crippen molar-refractivity contribution in [1.29, 1.82) is 0 Å². The van der Waals surface area contributed by atoms with Crippen molar-refractivity contribution >= 4 is 45.6 Å². The van der Waals surface area contributed by atoms with Crippen molar-refractivity contribution in [3.05, 3.63) is 54.7 Å². The Morgan fingerprint density at radius 1 is 1.14 bits per heavy atom. The molecule has 10 nitrogen and oxygen atoms in total. The van der Waals surface area contributed by atoms with Crippen LogP contribution in [0, 0.1) is 0 Å². The Labute approximate surface area is 186 Å². The molecule has 12 heteroatoms. The van der Waals surface area contributed by atoms with E-state index < -0.39 is 10.0 Å². The van der Waals surface area contributed by atoms with Crippen LogP contribution >= 0.6 is 24.0 Å². The minimum Gasteiger partial charge on any atom is -0.357 e. The number of hydrogen-bond acceptors (Lipinski definition) is 6. The topological polar surface area (TPSA) is 126 Å². The van der Waals surface area contributed by atoms with Crippen LogP contribution in [0.15, 0.2) is 58.8 Å². The Morgan fingerprint density at radius 2 is 2.00 bits per heavy atom. The molecule has 0 radical (unpaired) electrons. The predicted molar refractivity (Wildman–Crippen MR) is 121 cm³/mol. The molecule has 0 saturated carbocycles. The van der Waals surface area contributed by atoms with Crippen molar-refractivity contribution in [3.63, 3.8) is 0 Å². The number of pyridine rings is 2. The average Bonchev–Trinajstić information content (AvgIpc) is 3.13. The normalized spacial score (nSPS) is 11.8. The molecular weight excluding hydrogens is 507 g/mol. The van der Waals surface area contributed by atoms with E-state index >= 15 is 0 Å². The summed E-state index contributed by atoms with van der Waals surface area (Å²) in [5.74, 6) is 1.28. The molecular formula is C17H23IN8O2S. The van der Waals surface area contributed by atoms with E-state index in [2.05, 4.69) is 35.5 Å². The summed E-state index contributed by atoms with van der Waals surface area (Å²) >= 11 is 0. The zero-order chi connectivity index (χ0) is 19.8. The van der Waals surface area contributed by atoms with E-state index in [0.29, 0.717) is 31.4 Å². The molecule has 0 bridgehead atoms. The first-order valence-electron chi connectivity index (χ1n) is 8.80. The molecule has 3 aromatic rings. The maximum Gasteiger partial charge on any atom is 0.242 e. The van der Waals surface area contributed by atoms with Crippen LogP contribution < -0.4 is 15.4 Å². The predicted octanol–water partition coefficient (Wildman–Crippen LogP) is 0.776. The van der Waals surface area contributed by atoms with Crippen LogP contribution in [-0.4, -0.2) is 53.6 Å². The van der Waals surface area contributed by atoms with E-state index in [1.807, 2.05) is 35.7 Å². The summed E-state index contributed by atoms with van der Waals surface area (Å²) in [6.07, 6.45) is 4.72. The van der Waals surface area contributed by atoms with Crippen LogP contribution in [0.2, 0.25) is 0 Å². The van der Waals surface area contributed by atoms with Gasteiger partial charge in [0.25, 0.3) is 0 Å². The van der Waals surface area contributed by atoms with Gasteiger partial charge in [-0.2, -0.15) is 0 Å². The summed E-state index contributed by atoms with van der Waals surface area (Å²) in [6.45, 7) is 3.53. The van der Waals surface area contributed by atoms with Crippen molar-refractivity contribution < 1.29 is 8.42 Å². The summed E-state index contributed by atoms with van der Waals surface area (Å²) in [5.41, 5.74) is 0.760. The maximum absolute atomic E-state index is 12.2. The quantitative estimate of drug-likeness (QED) is 0.170. The van der Waals surface area contributed by atoms with Crippen molar-refractivity contribution in [2.24, 2.45) is 4.99 Å². The third-order valence-corrected chi connectivity index (χ3v) is 5.21. The highest BCUT2D eigenvalue weighted by molar-refractivity contribution is 14.0. The molecule has 0 aliphatic rings. The molecule has 0 atom stereocenters. The van der Waals surface area contributed by atoms with Gasteiger partial charge >= 0.3 is 0 Å². The van der Waals surface area contributed by atoms with Gasteiger partial charge in [-0.05, 0) is 31.2 Å². The van der Waals surface area contributed by atoms with Crippen LogP contribution in [0.25, 0.3) is 5.65 Å². The molecule has 0 aromatic carbocycles. The molecule has 3 N–H and O–H groups in total. The lowest BCUT2D eigenvalue weighted by atomic mass is 10.4. The lowest BCUT2D eigenvalue weighted by molar-refractivity contribution is 0.580. The van der Waals surface area contributed by atoms with Crippen LogP contribution in [-0.2, 0) is 16.6 Å². The van der Waals surface area contributed by atoms with E-state index in [1.54, 1.807) is 6.07 Å². The fraction of sp³-hybridized carbons (Fsp3) is 0.294. The first-order valence-corrected chi connectivity index (χ1v) is 10.3. The zero-order valence-corrected chi connectivity index (χ0v) is 19.0. The zero-order valence-electron chi connectivity index (χ0n) is 15.8. The van der Waals surface area contributed by atoms with E-state index in [0.717, 1.165) is 5.65 Å². The molecule has 0 saturated heterocycles. The Hall–Kier alpha value is -2.32. The summed E-state index contributed by atoms with van der Waals surface area (Å²) in [7, 11) is -3.58. The molecule has 29 heavy (non-hydrogen) atoms. The van der Waals surface area contributed by atoms with Gasteiger partial charge in [0, 0.05) is 38.2 Å². The van der Waals surface area contributed by atoms with Gasteiger partial charge in [-0.3, -0.25) is 9.38 Å². The lowest BCUT2D eigenvalue weighted by Gasteiger charge is -2.12. The number of halogens is 1. The number of aromatic nitrogens is 4. The van der Waals surface area contributed by atoms with Crippen molar-refractivity contribution in [3.8, 4) is 0 Å². The molecule has 3 rings (SSSR count). The fourth-order valence-corrected chi connectivity index (χ4v) is 3.44. The van der Waals surface area contributed by atoms with E-state index in [1.165, 1.54) is 18.5 Å². The highest BCUT2D eigenvalue weighted by Gasteiger charge is 2.12. The molecule has 0 amide bonds. The maximum atomic E-state index is 12.2. The molecule has 0 unspecified atom stereocenters. The van der Waals surface area contributed by atoms with Gasteiger partial charge in [-0.1, -0.05) is 6.07 Å². The van der Waals surface area contributed by atoms with Gasteiger partial charge in [-0.25, -0.2) is 18.1 Å². The Morgan fingerprint density at radius 3 is 2.76 bits per heavy atom. The fourth-order valence-electron chi connectivity index (χ4n) is 2.45. The van der Waals surface area contributed by atoms with Crippen LogP contribution in [0.1, 0.15) is 12.7 Å². The largest absolute Gasteiger partial charge is 0.357 e. The minimum atomic E-state index is -3.58. The number of sulfonamides is 1. The molecule has 0 aliphatic carbocycles. The lowest BCUT2D eigenvalue weighted by Crippen LogP contribution is -2.41. The van der Waals surface area contributed by atoms with E-state index in [-0.39, 0.29) is 35.4 Å². The second-order valence-electron chi connectivity index (χ2n) is 5.75. The summed E-state index contributed by atoms with van der Waals surface area (Å²) in [5, 5.41) is 14.4. The number of fused-ring (bicyclic) bond motifs is 1. The molecule has 0 fully saturated rings. The number of hydrogen-bond donors (Lipinski definition) is 3. The van der Waals surface area contributed by atoms with Gasteiger partial charge < -0.3 is 10.6 Å². The van der Waals surface area contributed by atoms with Crippen LogP contribution in [0.5, 0.6) is 0 Å². The summed E-state index contributed by atoms with van der Waals surface area (Å²) < 4.78 is 28.7. The molecule has 0 spiro atoms. The van der Waals surface area contributed by atoms with Gasteiger partial charge in [0.1, 0.15) is 11.4 Å². The first kappa shape index (κ1) is 23.0. The first-order chi connectivity index (χ1) is 13.6. The number of aliphatic imine (C=N–C) groups is 1. The summed E-state index contributed by atoms with van der Waals surface area (Å²) in [4.78, 5) is 8.44. The minimum absolute atomic E-state index is 0. The molecule has 156 valence electrons. The SMILES string of the molecule is CCNC(=NCc1nnc2ccccn12)NCCNS(=O)(=O)c1cccnc1.I. The van der Waals surface area contributed by atoms with Gasteiger partial charge in [0.05, 0.1) is 0 Å². The van der Waals surface area contributed by atoms with Crippen molar-refractivity contribution in [2.75, 3.05) is 19.6 Å². The van der Waals surface area contributed by atoms with Crippen LogP contribution in [0.3, 0.4) is 0 Å². The summed E-state index contributed by atoms with van der Waals surface area (Å²) in [6, 6.07) is 8.75. The third-order valence-electron chi connectivity index (χ3n) is 3.76. The van der Waals surface area contributed by atoms with Crippen molar-refractivity contribution in [1.82, 2.24) is 34.9 Å². The number of nitrogens with one attached hydrogen (secondary N) is 3. The number of rotatable bonds is 8. The highest BCUT2D eigenvalue weighted by Crippen LogP contribution is 2.05. The third kappa shape index (κ3) is 6.33. The number of nitrogens with zero attached hydrogens (tertiary/aromatic N) is 5. The smallest absolute Gasteiger partial charge is 0.242 e. The second kappa shape index (κ2) is 11.0. The van der Waals surface area contributed by atoms with E-state index in [9.17, 15) is 8.42 Å². The second-order valence-corrected chi connectivity index (χ2v) is 7.52. The van der Waals surface area contributed by atoms with Gasteiger partial charge in [-0.15, -0.1) is 34.2 Å². The Kier molecular flexibility index (Phi) is 8.72. The molecule has 3 aromatic heterocycles. The van der Waals surface area contributed by atoms with E-state index in [4.69, 9.17) is 0 Å². The average molecular weight is 530 g/mol.